The van der Waals surface area contributed by atoms with Gasteiger partial charge in [-0.05, 0) is 38.8 Å². The first-order chi connectivity index (χ1) is 16.7. The Balaban J connectivity index is 1.85. The maximum absolute atomic E-state index is 13.6. The van der Waals surface area contributed by atoms with Crippen LogP contribution in [0.2, 0.25) is 0 Å². The zero-order valence-electron chi connectivity index (χ0n) is 21.2. The number of ether oxygens (including phenoxy) is 4. The molecule has 0 aliphatic carbocycles. The van der Waals surface area contributed by atoms with Gasteiger partial charge in [0.15, 0.2) is 0 Å². The molecule has 1 atom stereocenters. The fraction of sp³-hybridized carbons (Fsp3) is 0.500. The summed E-state index contributed by atoms with van der Waals surface area (Å²) in [6, 6.07) is 17.0. The van der Waals surface area contributed by atoms with Gasteiger partial charge in [-0.15, -0.1) is 0 Å². The van der Waals surface area contributed by atoms with Crippen molar-refractivity contribution in [3.05, 3.63) is 71.3 Å². The molecule has 35 heavy (non-hydrogen) atoms. The molecule has 7 nitrogen and oxygen atoms in total. The summed E-state index contributed by atoms with van der Waals surface area (Å²) in [7, 11) is 0. The van der Waals surface area contributed by atoms with E-state index in [2.05, 4.69) is 4.90 Å². The van der Waals surface area contributed by atoms with E-state index in [0.717, 1.165) is 29.8 Å². The minimum absolute atomic E-state index is 0.00988. The Labute approximate surface area is 208 Å². The van der Waals surface area contributed by atoms with Crippen molar-refractivity contribution in [2.45, 2.75) is 51.9 Å². The van der Waals surface area contributed by atoms with Gasteiger partial charge in [0.25, 0.3) is 5.60 Å². The Morgan fingerprint density at radius 3 is 2.23 bits per heavy atom. The SMILES string of the molecule is Cc1cccc(CC(OC(C)(C)C)(C(=O)OCCN2CCOCC2)C(=O)OCc2ccccc2)c1. The van der Waals surface area contributed by atoms with Gasteiger partial charge in [0.05, 0.1) is 18.8 Å². The Morgan fingerprint density at radius 1 is 0.914 bits per heavy atom. The Kier molecular flexibility index (Phi) is 9.43. The van der Waals surface area contributed by atoms with Gasteiger partial charge in [0, 0.05) is 26.1 Å². The number of nitrogens with zero attached hydrogens (tertiary/aromatic N) is 1. The van der Waals surface area contributed by atoms with E-state index < -0.39 is 23.1 Å². The van der Waals surface area contributed by atoms with Crippen LogP contribution in [0.3, 0.4) is 0 Å². The molecule has 0 radical (unpaired) electrons. The minimum atomic E-state index is -1.94. The van der Waals surface area contributed by atoms with E-state index in [4.69, 9.17) is 18.9 Å². The van der Waals surface area contributed by atoms with Gasteiger partial charge in [-0.1, -0.05) is 60.2 Å². The van der Waals surface area contributed by atoms with E-state index in [9.17, 15) is 9.59 Å². The van der Waals surface area contributed by atoms with Crippen molar-refractivity contribution in [1.82, 2.24) is 4.90 Å². The van der Waals surface area contributed by atoms with Gasteiger partial charge in [-0.25, -0.2) is 9.59 Å². The van der Waals surface area contributed by atoms with Crippen molar-refractivity contribution in [2.24, 2.45) is 0 Å². The summed E-state index contributed by atoms with van der Waals surface area (Å²) >= 11 is 0. The number of hydrogen-bond donors (Lipinski definition) is 0. The second-order valence-electron chi connectivity index (χ2n) is 9.86. The number of morpholine rings is 1. The van der Waals surface area contributed by atoms with E-state index in [0.29, 0.717) is 19.8 Å². The van der Waals surface area contributed by atoms with Crippen LogP contribution in [0.25, 0.3) is 0 Å². The number of esters is 2. The zero-order valence-corrected chi connectivity index (χ0v) is 21.2. The Hall–Kier alpha value is -2.74. The summed E-state index contributed by atoms with van der Waals surface area (Å²) in [4.78, 5) is 29.4. The molecule has 0 aromatic heterocycles. The third-order valence-electron chi connectivity index (χ3n) is 5.63. The number of carbonyl (C=O) groups excluding carboxylic acids is 2. The molecule has 1 aliphatic heterocycles. The van der Waals surface area contributed by atoms with Crippen molar-refractivity contribution >= 4 is 11.9 Å². The van der Waals surface area contributed by atoms with Gasteiger partial charge < -0.3 is 18.9 Å². The van der Waals surface area contributed by atoms with Crippen LogP contribution in [0.1, 0.15) is 37.5 Å². The maximum Gasteiger partial charge on any atom is 0.351 e. The molecule has 7 heteroatoms. The number of aryl methyl sites for hydroxylation is 1. The third kappa shape index (κ3) is 8.16. The molecule has 0 N–H and O–H groups in total. The van der Waals surface area contributed by atoms with Crippen LogP contribution in [0.4, 0.5) is 0 Å². The van der Waals surface area contributed by atoms with Gasteiger partial charge in [0.1, 0.15) is 13.2 Å². The molecule has 0 amide bonds. The average Bonchev–Trinajstić information content (AvgIpc) is 2.82. The van der Waals surface area contributed by atoms with E-state index in [1.54, 1.807) is 0 Å². The van der Waals surface area contributed by atoms with Crippen LogP contribution in [0.5, 0.6) is 0 Å². The van der Waals surface area contributed by atoms with E-state index in [1.165, 1.54) is 0 Å². The maximum atomic E-state index is 13.6. The first-order valence-corrected chi connectivity index (χ1v) is 12.1. The summed E-state index contributed by atoms with van der Waals surface area (Å²) in [5.41, 5.74) is -0.117. The highest BCUT2D eigenvalue weighted by atomic mass is 16.6. The van der Waals surface area contributed by atoms with Crippen molar-refractivity contribution < 1.29 is 28.5 Å². The van der Waals surface area contributed by atoms with Crippen LogP contribution >= 0.6 is 0 Å². The minimum Gasteiger partial charge on any atom is -0.462 e. The lowest BCUT2D eigenvalue weighted by Crippen LogP contribution is -2.56. The van der Waals surface area contributed by atoms with Crippen LogP contribution in [-0.2, 0) is 41.6 Å². The number of hydrogen-bond acceptors (Lipinski definition) is 7. The summed E-state index contributed by atoms with van der Waals surface area (Å²) in [6.45, 7) is 11.0. The monoisotopic (exact) mass is 483 g/mol. The molecule has 0 spiro atoms. The topological polar surface area (TPSA) is 74.3 Å². The lowest BCUT2D eigenvalue weighted by molar-refractivity contribution is -0.208. The fourth-order valence-electron chi connectivity index (χ4n) is 4.03. The summed E-state index contributed by atoms with van der Waals surface area (Å²) in [6.07, 6.45) is 0.00988. The van der Waals surface area contributed by atoms with Gasteiger partial charge in [-0.3, -0.25) is 4.90 Å². The lowest BCUT2D eigenvalue weighted by atomic mass is 9.92. The molecule has 3 rings (SSSR count). The quantitative estimate of drug-likeness (QED) is 0.377. The van der Waals surface area contributed by atoms with Crippen molar-refractivity contribution in [1.29, 1.82) is 0 Å². The van der Waals surface area contributed by atoms with E-state index in [-0.39, 0.29) is 19.6 Å². The molecule has 1 heterocycles. The molecule has 1 fully saturated rings. The van der Waals surface area contributed by atoms with Gasteiger partial charge in [0.2, 0.25) is 0 Å². The highest BCUT2D eigenvalue weighted by Gasteiger charge is 2.53. The molecule has 0 saturated carbocycles. The van der Waals surface area contributed by atoms with Crippen molar-refractivity contribution in [2.75, 3.05) is 39.5 Å². The summed E-state index contributed by atoms with van der Waals surface area (Å²) in [5.74, 6) is -1.49. The highest BCUT2D eigenvalue weighted by molar-refractivity contribution is 6.04. The Bertz CT molecular complexity index is 965. The lowest BCUT2D eigenvalue weighted by Gasteiger charge is -2.36. The smallest absolute Gasteiger partial charge is 0.351 e. The zero-order chi connectivity index (χ0) is 25.3. The molecule has 1 aliphatic rings. The normalized spacial score (nSPS) is 16.3. The second-order valence-corrected chi connectivity index (χ2v) is 9.86. The number of carbonyl (C=O) groups is 2. The predicted molar refractivity (Wildman–Crippen MR) is 133 cm³/mol. The average molecular weight is 484 g/mol. The second kappa shape index (κ2) is 12.3. The fourth-order valence-corrected chi connectivity index (χ4v) is 4.03. The van der Waals surface area contributed by atoms with Crippen LogP contribution in [0, 0.1) is 6.92 Å². The molecule has 2 aromatic carbocycles. The first kappa shape index (κ1) is 26.9. The largest absolute Gasteiger partial charge is 0.462 e. The molecular formula is C28H37NO6. The van der Waals surface area contributed by atoms with Crippen molar-refractivity contribution in [3.8, 4) is 0 Å². The summed E-state index contributed by atoms with van der Waals surface area (Å²) < 4.78 is 23.0. The predicted octanol–water partition coefficient (Wildman–Crippen LogP) is 3.71. The molecular weight excluding hydrogens is 446 g/mol. The van der Waals surface area contributed by atoms with Crippen molar-refractivity contribution in [3.63, 3.8) is 0 Å². The molecule has 0 bridgehead atoms. The first-order valence-electron chi connectivity index (χ1n) is 12.1. The molecule has 1 saturated heterocycles. The van der Waals surface area contributed by atoms with Gasteiger partial charge in [-0.2, -0.15) is 0 Å². The van der Waals surface area contributed by atoms with Gasteiger partial charge >= 0.3 is 11.9 Å². The van der Waals surface area contributed by atoms with E-state index >= 15 is 0 Å². The highest BCUT2D eigenvalue weighted by Crippen LogP contribution is 2.29. The number of rotatable bonds is 10. The van der Waals surface area contributed by atoms with Crippen LogP contribution in [-0.4, -0.2) is 67.5 Å². The summed E-state index contributed by atoms with van der Waals surface area (Å²) in [5, 5.41) is 0. The molecule has 2 aromatic rings. The van der Waals surface area contributed by atoms with E-state index in [1.807, 2.05) is 82.3 Å². The van der Waals surface area contributed by atoms with Crippen LogP contribution < -0.4 is 0 Å². The number of benzene rings is 2. The molecule has 190 valence electrons. The Morgan fingerprint density at radius 2 is 1.57 bits per heavy atom. The van der Waals surface area contributed by atoms with Crippen LogP contribution in [0.15, 0.2) is 54.6 Å². The standard InChI is InChI=1S/C28H37NO6/c1-22-9-8-12-24(19-22)20-28(35-27(2,3)4,26(31)34-21-23-10-6-5-7-11-23)25(30)33-18-15-29-13-16-32-17-14-29/h5-12,19H,13-18,20-21H2,1-4H3. The third-order valence-corrected chi connectivity index (χ3v) is 5.63. The molecule has 1 unspecified atom stereocenters.